The van der Waals surface area contributed by atoms with Crippen LogP contribution in [0.15, 0.2) is 127 Å². The Morgan fingerprint density at radius 1 is 0.630 bits per heavy atom. The fraction of sp³-hybridized carbons (Fsp3) is 0.0769. The van der Waals surface area contributed by atoms with Crippen LogP contribution in [0.4, 0.5) is 30.2 Å². The summed E-state index contributed by atoms with van der Waals surface area (Å²) in [6.45, 7) is 1.22. The van der Waals surface area contributed by atoms with Crippen molar-refractivity contribution in [2.45, 2.75) is 18.5 Å². The number of carbonyl (C=O) groups excluding carboxylic acids is 2. The van der Waals surface area contributed by atoms with Crippen molar-refractivity contribution >= 4 is 56.8 Å². The van der Waals surface area contributed by atoms with Crippen molar-refractivity contribution in [2.24, 2.45) is 0 Å². The minimum absolute atomic E-state index is 0.0316. The Balaban J connectivity index is 1.24. The van der Waals surface area contributed by atoms with Gasteiger partial charge in [-0.15, -0.1) is 11.3 Å². The van der Waals surface area contributed by atoms with Crippen molar-refractivity contribution in [1.29, 1.82) is 0 Å². The Kier molecular flexibility index (Phi) is 6.21. The normalized spacial score (nSPS) is 16.8. The molecule has 46 heavy (non-hydrogen) atoms. The number of benzene rings is 5. The topological polar surface area (TPSA) is 37.4 Å². The predicted octanol–water partition coefficient (Wildman–Crippen LogP) is 10.7. The van der Waals surface area contributed by atoms with E-state index in [4.69, 9.17) is 0 Å². The Hall–Kier alpha value is -5.27. The summed E-state index contributed by atoms with van der Waals surface area (Å²) in [6, 6.07) is 36.7. The zero-order chi connectivity index (χ0) is 31.8. The summed E-state index contributed by atoms with van der Waals surface area (Å²) in [6.07, 6.45) is -3.16. The molecule has 5 aromatic carbocycles. The molecule has 0 saturated heterocycles. The summed E-state index contributed by atoms with van der Waals surface area (Å²) < 4.78 is 45.6. The molecule has 7 heteroatoms. The fourth-order valence-electron chi connectivity index (χ4n) is 6.67. The first-order chi connectivity index (χ1) is 22.1. The van der Waals surface area contributed by atoms with E-state index in [0.717, 1.165) is 22.1 Å². The second-order valence-corrected chi connectivity index (χ2v) is 12.8. The largest absolute Gasteiger partial charge is 0.402 e. The van der Waals surface area contributed by atoms with Gasteiger partial charge in [-0.1, -0.05) is 66.7 Å². The number of para-hydroxylation sites is 2. The van der Waals surface area contributed by atoms with E-state index in [1.54, 1.807) is 24.3 Å². The molecule has 1 heterocycles. The first kappa shape index (κ1) is 28.2. The molecular weight excluding hydrogens is 603 g/mol. The Morgan fingerprint density at radius 3 is 1.72 bits per heavy atom. The summed E-state index contributed by atoms with van der Waals surface area (Å²) in [7, 11) is 0. The molecule has 0 bridgehead atoms. The van der Waals surface area contributed by atoms with E-state index in [1.165, 1.54) is 30.4 Å². The lowest BCUT2D eigenvalue weighted by Crippen LogP contribution is -2.38. The van der Waals surface area contributed by atoms with Gasteiger partial charge in [-0.2, -0.15) is 13.2 Å². The lowest BCUT2D eigenvalue weighted by Gasteiger charge is -2.31. The summed E-state index contributed by atoms with van der Waals surface area (Å²) in [5, 5.41) is 1.68. The van der Waals surface area contributed by atoms with E-state index in [2.05, 4.69) is 0 Å². The minimum atomic E-state index is -4.61. The highest BCUT2D eigenvalue weighted by Crippen LogP contribution is 2.60. The zero-order valence-electron chi connectivity index (χ0n) is 24.4. The molecular formula is C39H24F3NO2S. The van der Waals surface area contributed by atoms with Crippen molar-refractivity contribution < 1.29 is 22.8 Å². The van der Waals surface area contributed by atoms with Crippen LogP contribution in [0, 0.1) is 0 Å². The van der Waals surface area contributed by atoms with E-state index in [-0.39, 0.29) is 16.7 Å². The average molecular weight is 628 g/mol. The molecule has 0 aliphatic heterocycles. The number of anilines is 3. The molecule has 6 aromatic rings. The molecule has 0 amide bonds. The number of fused-ring (bicyclic) bond motifs is 5. The molecule has 0 spiro atoms. The number of thiophene rings is 1. The van der Waals surface area contributed by atoms with Crippen LogP contribution in [0.25, 0.3) is 27.3 Å². The van der Waals surface area contributed by atoms with E-state index >= 15 is 13.2 Å². The average Bonchev–Trinajstić information content (AvgIpc) is 3.66. The number of nitrogens with zero attached hydrogens (tertiary/aromatic N) is 1. The van der Waals surface area contributed by atoms with E-state index < -0.39 is 23.2 Å². The monoisotopic (exact) mass is 627 g/mol. The zero-order valence-corrected chi connectivity index (χ0v) is 25.2. The van der Waals surface area contributed by atoms with E-state index in [9.17, 15) is 9.59 Å². The number of allylic oxidation sites excluding steroid dienone is 1. The van der Waals surface area contributed by atoms with Gasteiger partial charge in [0.25, 0.3) is 0 Å². The van der Waals surface area contributed by atoms with Crippen molar-refractivity contribution in [2.75, 3.05) is 4.90 Å². The number of rotatable bonds is 4. The van der Waals surface area contributed by atoms with Crippen LogP contribution >= 0.6 is 11.3 Å². The van der Waals surface area contributed by atoms with Gasteiger partial charge in [-0.25, -0.2) is 0 Å². The summed E-state index contributed by atoms with van der Waals surface area (Å²) in [4.78, 5) is 29.6. The van der Waals surface area contributed by atoms with Gasteiger partial charge in [0.05, 0.1) is 5.57 Å². The van der Waals surface area contributed by atoms with Gasteiger partial charge in [0.15, 0.2) is 11.6 Å². The Labute approximate surface area is 266 Å². The lowest BCUT2D eigenvalue weighted by atomic mass is 9.79. The summed E-state index contributed by atoms with van der Waals surface area (Å²) >= 11 is 1.17. The molecule has 2 aliphatic carbocycles. The fourth-order valence-corrected chi connectivity index (χ4v) is 7.92. The van der Waals surface area contributed by atoms with E-state index in [0.29, 0.717) is 32.1 Å². The third kappa shape index (κ3) is 4.12. The van der Waals surface area contributed by atoms with Gasteiger partial charge in [0, 0.05) is 37.9 Å². The maximum atomic E-state index is 15.2. The van der Waals surface area contributed by atoms with Crippen LogP contribution < -0.4 is 4.90 Å². The molecule has 1 aromatic heterocycles. The molecule has 224 valence electrons. The van der Waals surface area contributed by atoms with Gasteiger partial charge in [0.1, 0.15) is 5.41 Å². The third-order valence-corrected chi connectivity index (χ3v) is 10.2. The first-order valence-electron chi connectivity index (χ1n) is 14.8. The highest BCUT2D eigenvalue weighted by Gasteiger charge is 2.59. The second-order valence-electron chi connectivity index (χ2n) is 11.7. The Morgan fingerprint density at radius 2 is 1.17 bits per heavy atom. The second kappa shape index (κ2) is 10.1. The predicted molar refractivity (Wildman–Crippen MR) is 178 cm³/mol. The first-order valence-corrected chi connectivity index (χ1v) is 15.6. The molecule has 0 fully saturated rings. The third-order valence-electron chi connectivity index (χ3n) is 9.08. The van der Waals surface area contributed by atoms with Gasteiger partial charge in [-0.3, -0.25) is 9.59 Å². The molecule has 1 unspecified atom stereocenters. The highest BCUT2D eigenvalue weighted by atomic mass is 32.1. The van der Waals surface area contributed by atoms with Gasteiger partial charge >= 0.3 is 6.18 Å². The molecule has 8 rings (SSSR count). The molecule has 0 saturated carbocycles. The van der Waals surface area contributed by atoms with Crippen LogP contribution in [-0.4, -0.2) is 17.7 Å². The summed E-state index contributed by atoms with van der Waals surface area (Å²) in [5.74, 6) is -0.824. The minimum Gasteiger partial charge on any atom is -0.310 e. The van der Waals surface area contributed by atoms with Crippen molar-refractivity contribution in [1.82, 2.24) is 0 Å². The Bertz CT molecular complexity index is 2160. The number of alkyl halides is 3. The van der Waals surface area contributed by atoms with Crippen LogP contribution in [0.3, 0.4) is 0 Å². The molecule has 0 N–H and O–H groups in total. The van der Waals surface area contributed by atoms with Crippen LogP contribution in [0.1, 0.15) is 43.6 Å². The molecule has 2 aliphatic rings. The van der Waals surface area contributed by atoms with Crippen LogP contribution in [-0.2, 0) is 5.41 Å². The van der Waals surface area contributed by atoms with Gasteiger partial charge in [0.2, 0.25) is 0 Å². The molecule has 0 radical (unpaired) electrons. The number of Topliss-reactive ketones (excluding diaryl/α,β-unsaturated/α-hetero) is 2. The highest BCUT2D eigenvalue weighted by molar-refractivity contribution is 7.16. The number of carbonyl (C=O) groups is 2. The number of hydrogen-bond donors (Lipinski definition) is 0. The maximum absolute atomic E-state index is 15.2. The van der Waals surface area contributed by atoms with Gasteiger partial charge < -0.3 is 4.90 Å². The summed E-state index contributed by atoms with van der Waals surface area (Å²) in [5.41, 5.74) is 1.34. The van der Waals surface area contributed by atoms with Crippen molar-refractivity contribution in [3.05, 3.63) is 154 Å². The molecule has 3 nitrogen and oxygen atoms in total. The number of ketones is 2. The lowest BCUT2D eigenvalue weighted by molar-refractivity contribution is -0.171. The maximum Gasteiger partial charge on any atom is 0.402 e. The van der Waals surface area contributed by atoms with Crippen LogP contribution in [0.2, 0.25) is 0 Å². The number of hydrogen-bond acceptors (Lipinski definition) is 4. The quantitative estimate of drug-likeness (QED) is 0.144. The standard InChI is InChI=1S/C39H24F3NO2S/c1-38(39(40,41)42)33-20-27(43(25-12-4-2-5-13-25)26-14-6-3-7-15-26)16-17-29(33)37-34(38)22-28(46-37)21-32-35(44)30-18-23-10-8-9-11-24(23)19-31(30)36(32)45/h2-22H,1H3. The van der Waals surface area contributed by atoms with E-state index in [1.807, 2.05) is 95.9 Å². The SMILES string of the molecule is CC1(C(F)(F)F)c2cc(N(c3ccccc3)c3ccccc3)ccc2-c2sc(C=C3C(=O)c4cc5ccccc5cc4C3=O)cc21. The van der Waals surface area contributed by atoms with Crippen molar-refractivity contribution in [3.63, 3.8) is 0 Å². The van der Waals surface area contributed by atoms with Gasteiger partial charge in [-0.05, 0) is 95.1 Å². The van der Waals surface area contributed by atoms with Crippen LogP contribution in [0.5, 0.6) is 0 Å². The van der Waals surface area contributed by atoms with Crippen molar-refractivity contribution in [3.8, 4) is 10.4 Å². The number of halogens is 3. The smallest absolute Gasteiger partial charge is 0.310 e. The molecule has 1 atom stereocenters.